The molecule has 0 saturated heterocycles. The third kappa shape index (κ3) is 4.46. The van der Waals surface area contributed by atoms with Gasteiger partial charge in [0.1, 0.15) is 9.84 Å². The first-order valence-electron chi connectivity index (χ1n) is 5.54. The molecule has 3 N–H and O–H groups in total. The van der Waals surface area contributed by atoms with Crippen molar-refractivity contribution in [2.75, 3.05) is 12.0 Å². The Bertz CT molecular complexity index is 483. The highest BCUT2D eigenvalue weighted by Gasteiger charge is 2.13. The summed E-state index contributed by atoms with van der Waals surface area (Å²) in [4.78, 5) is 0. The van der Waals surface area contributed by atoms with Gasteiger partial charge in [-0.3, -0.25) is 11.3 Å². The van der Waals surface area contributed by atoms with Crippen LogP contribution in [0.2, 0.25) is 0 Å². The molecule has 17 heavy (non-hydrogen) atoms. The third-order valence-electron chi connectivity index (χ3n) is 2.91. The highest BCUT2D eigenvalue weighted by molar-refractivity contribution is 7.90. The molecule has 0 aliphatic carbocycles. The van der Waals surface area contributed by atoms with Crippen molar-refractivity contribution in [2.45, 2.75) is 26.3 Å². The van der Waals surface area contributed by atoms with Crippen LogP contribution < -0.4 is 11.3 Å². The summed E-state index contributed by atoms with van der Waals surface area (Å²) in [5, 5.41) is 0. The molecule has 1 atom stereocenters. The lowest BCUT2D eigenvalue weighted by molar-refractivity contribution is 0.531. The minimum absolute atomic E-state index is 0.121. The predicted octanol–water partition coefficient (Wildman–Crippen LogP) is 1.24. The van der Waals surface area contributed by atoms with Gasteiger partial charge in [-0.25, -0.2) is 8.42 Å². The van der Waals surface area contributed by atoms with Gasteiger partial charge < -0.3 is 0 Å². The first kappa shape index (κ1) is 14.2. The molecule has 0 fully saturated rings. The first-order valence-corrected chi connectivity index (χ1v) is 7.60. The minimum Gasteiger partial charge on any atom is -0.271 e. The Balaban J connectivity index is 2.83. The molecule has 1 unspecified atom stereocenters. The predicted molar refractivity (Wildman–Crippen MR) is 70.3 cm³/mol. The Morgan fingerprint density at radius 3 is 2.41 bits per heavy atom. The van der Waals surface area contributed by atoms with Crippen LogP contribution in [0.3, 0.4) is 0 Å². The normalized spacial score (nSPS) is 13.6. The van der Waals surface area contributed by atoms with Crippen LogP contribution in [0.1, 0.15) is 29.2 Å². The molecule has 0 spiro atoms. The van der Waals surface area contributed by atoms with Crippen molar-refractivity contribution in [3.05, 3.63) is 34.9 Å². The third-order valence-corrected chi connectivity index (χ3v) is 3.89. The quantitative estimate of drug-likeness (QED) is 0.614. The van der Waals surface area contributed by atoms with E-state index >= 15 is 0 Å². The smallest absolute Gasteiger partial charge is 0.147 e. The van der Waals surface area contributed by atoms with Gasteiger partial charge in [-0.2, -0.15) is 0 Å². The Labute approximate surface area is 103 Å². The van der Waals surface area contributed by atoms with Gasteiger partial charge in [0, 0.05) is 12.3 Å². The summed E-state index contributed by atoms with van der Waals surface area (Å²) < 4.78 is 22.3. The number of sulfone groups is 1. The van der Waals surface area contributed by atoms with Crippen molar-refractivity contribution in [1.82, 2.24) is 5.43 Å². The maximum absolute atomic E-state index is 11.1. The highest BCUT2D eigenvalue weighted by Crippen LogP contribution is 2.19. The maximum atomic E-state index is 11.1. The topological polar surface area (TPSA) is 72.2 Å². The van der Waals surface area contributed by atoms with E-state index < -0.39 is 9.84 Å². The molecule has 0 bridgehead atoms. The lowest BCUT2D eigenvalue weighted by atomic mass is 10.00. The largest absolute Gasteiger partial charge is 0.271 e. The molecule has 1 aromatic rings. The van der Waals surface area contributed by atoms with Crippen molar-refractivity contribution < 1.29 is 8.42 Å². The molecule has 0 radical (unpaired) electrons. The van der Waals surface area contributed by atoms with E-state index in [9.17, 15) is 8.42 Å². The van der Waals surface area contributed by atoms with Crippen LogP contribution in [-0.4, -0.2) is 20.4 Å². The zero-order valence-electron chi connectivity index (χ0n) is 10.5. The van der Waals surface area contributed by atoms with E-state index in [0.29, 0.717) is 6.42 Å². The monoisotopic (exact) mass is 256 g/mol. The van der Waals surface area contributed by atoms with E-state index in [-0.39, 0.29) is 11.8 Å². The van der Waals surface area contributed by atoms with Crippen molar-refractivity contribution in [1.29, 1.82) is 0 Å². The van der Waals surface area contributed by atoms with Crippen LogP contribution in [0, 0.1) is 13.8 Å². The maximum Gasteiger partial charge on any atom is 0.147 e. The van der Waals surface area contributed by atoms with Crippen LogP contribution in [0.15, 0.2) is 18.2 Å². The Kier molecular flexibility index (Phi) is 4.68. The fourth-order valence-corrected chi connectivity index (χ4v) is 2.32. The van der Waals surface area contributed by atoms with Crippen molar-refractivity contribution in [3.8, 4) is 0 Å². The zero-order valence-corrected chi connectivity index (χ0v) is 11.3. The van der Waals surface area contributed by atoms with Crippen LogP contribution in [-0.2, 0) is 9.84 Å². The molecule has 0 heterocycles. The number of hydrazine groups is 1. The number of benzene rings is 1. The molecule has 0 amide bonds. The molecular weight excluding hydrogens is 236 g/mol. The lowest BCUT2D eigenvalue weighted by Crippen LogP contribution is -2.29. The second-order valence-electron chi connectivity index (χ2n) is 4.48. The molecule has 4 nitrogen and oxygen atoms in total. The molecule has 0 aliphatic heterocycles. The number of aryl methyl sites for hydroxylation is 2. The molecule has 0 aliphatic rings. The van der Waals surface area contributed by atoms with Gasteiger partial charge in [-0.05, 0) is 37.0 Å². The lowest BCUT2D eigenvalue weighted by Gasteiger charge is -2.17. The molecule has 1 aromatic carbocycles. The molecular formula is C12H20N2O2S. The first-order chi connectivity index (χ1) is 7.83. The van der Waals surface area contributed by atoms with Crippen LogP contribution in [0.25, 0.3) is 0 Å². The molecule has 0 saturated carbocycles. The summed E-state index contributed by atoms with van der Waals surface area (Å²) in [5.41, 5.74) is 6.10. The average Bonchev–Trinajstić information content (AvgIpc) is 2.22. The van der Waals surface area contributed by atoms with E-state index in [0.717, 1.165) is 5.56 Å². The summed E-state index contributed by atoms with van der Waals surface area (Å²) in [7, 11) is -2.95. The summed E-state index contributed by atoms with van der Waals surface area (Å²) in [6, 6.07) is 5.93. The number of rotatable bonds is 5. The van der Waals surface area contributed by atoms with Crippen molar-refractivity contribution in [2.24, 2.45) is 5.84 Å². The fourth-order valence-electron chi connectivity index (χ4n) is 1.66. The van der Waals surface area contributed by atoms with E-state index in [2.05, 4.69) is 5.43 Å². The zero-order chi connectivity index (χ0) is 13.1. The SMILES string of the molecule is Cc1ccc(C(CCS(C)(=O)=O)NN)cc1C. The van der Waals surface area contributed by atoms with Crippen LogP contribution in [0.5, 0.6) is 0 Å². The molecule has 0 aromatic heterocycles. The molecule has 96 valence electrons. The van der Waals surface area contributed by atoms with E-state index in [1.807, 2.05) is 32.0 Å². The fraction of sp³-hybridized carbons (Fsp3) is 0.500. The van der Waals surface area contributed by atoms with Crippen molar-refractivity contribution >= 4 is 9.84 Å². The van der Waals surface area contributed by atoms with Gasteiger partial charge >= 0.3 is 0 Å². The Morgan fingerprint density at radius 2 is 1.94 bits per heavy atom. The summed E-state index contributed by atoms with van der Waals surface area (Å²) in [6.07, 6.45) is 1.72. The van der Waals surface area contributed by atoms with Gasteiger partial charge in [-0.1, -0.05) is 18.2 Å². The number of hydrogen-bond acceptors (Lipinski definition) is 4. The minimum atomic E-state index is -2.95. The number of nitrogens with two attached hydrogens (primary N) is 1. The van der Waals surface area contributed by atoms with Crippen molar-refractivity contribution in [3.63, 3.8) is 0 Å². The highest BCUT2D eigenvalue weighted by atomic mass is 32.2. The number of hydrogen-bond donors (Lipinski definition) is 2. The number of nitrogens with one attached hydrogen (secondary N) is 1. The second kappa shape index (κ2) is 5.62. The average molecular weight is 256 g/mol. The molecule has 5 heteroatoms. The Morgan fingerprint density at radius 1 is 1.29 bits per heavy atom. The van der Waals surface area contributed by atoms with Gasteiger partial charge in [0.25, 0.3) is 0 Å². The Hall–Kier alpha value is -0.910. The summed E-state index contributed by atoms with van der Waals surface area (Å²) in [5.74, 6) is 5.61. The van der Waals surface area contributed by atoms with Gasteiger partial charge in [0.15, 0.2) is 0 Å². The van der Waals surface area contributed by atoms with Gasteiger partial charge in [-0.15, -0.1) is 0 Å². The summed E-state index contributed by atoms with van der Waals surface area (Å²) >= 11 is 0. The summed E-state index contributed by atoms with van der Waals surface area (Å²) in [6.45, 7) is 4.07. The molecule has 1 rings (SSSR count). The van der Waals surface area contributed by atoms with E-state index in [1.54, 1.807) is 0 Å². The second-order valence-corrected chi connectivity index (χ2v) is 6.74. The van der Waals surface area contributed by atoms with Crippen LogP contribution in [0.4, 0.5) is 0 Å². The van der Waals surface area contributed by atoms with E-state index in [4.69, 9.17) is 5.84 Å². The van der Waals surface area contributed by atoms with Gasteiger partial charge in [0.05, 0.1) is 5.75 Å². The van der Waals surface area contributed by atoms with Gasteiger partial charge in [0.2, 0.25) is 0 Å². The standard InChI is InChI=1S/C12H20N2O2S/c1-9-4-5-11(8-10(9)2)12(14-13)6-7-17(3,15)16/h4-5,8,12,14H,6-7,13H2,1-3H3. The van der Waals surface area contributed by atoms with Crippen LogP contribution >= 0.6 is 0 Å². The van der Waals surface area contributed by atoms with E-state index in [1.165, 1.54) is 17.4 Å².